The van der Waals surface area contributed by atoms with E-state index in [2.05, 4.69) is 5.32 Å². The molecule has 3 heterocycles. The van der Waals surface area contributed by atoms with Crippen LogP contribution in [0.15, 0.2) is 18.2 Å². The summed E-state index contributed by atoms with van der Waals surface area (Å²) in [5, 5.41) is 3.25. The van der Waals surface area contributed by atoms with E-state index in [1.807, 2.05) is 11.8 Å². The molecule has 3 amide bonds. The molecule has 1 aromatic carbocycles. The third-order valence-corrected chi connectivity index (χ3v) is 5.39. The number of fused-ring (bicyclic) bond motifs is 1. The number of nitrogens with one attached hydrogen (secondary N) is 1. The summed E-state index contributed by atoms with van der Waals surface area (Å²) in [4.78, 5) is 41.2. The minimum absolute atomic E-state index is 0.0833. The first-order valence-corrected chi connectivity index (χ1v) is 9.20. The highest BCUT2D eigenvalue weighted by molar-refractivity contribution is 6.22. The fourth-order valence-corrected chi connectivity index (χ4v) is 3.89. The SMILES string of the molecule is C[C@H]1CNCCN1C(=O)c1ccc2c(c1)C(=O)N(CC1CCCO1)C2=O. The second kappa shape index (κ2) is 6.81. The van der Waals surface area contributed by atoms with E-state index in [-0.39, 0.29) is 36.4 Å². The van der Waals surface area contributed by atoms with Gasteiger partial charge in [0.1, 0.15) is 0 Å². The van der Waals surface area contributed by atoms with E-state index in [0.29, 0.717) is 29.8 Å². The number of ether oxygens (including phenoxy) is 1. The van der Waals surface area contributed by atoms with Crippen molar-refractivity contribution >= 4 is 17.7 Å². The molecule has 0 bridgehead atoms. The third kappa shape index (κ3) is 2.91. The average Bonchev–Trinajstić information content (AvgIpc) is 3.25. The number of hydrogen-bond donors (Lipinski definition) is 1. The summed E-state index contributed by atoms with van der Waals surface area (Å²) in [6.07, 6.45) is 1.73. The normalized spacial score (nSPS) is 25.7. The fraction of sp³-hybridized carbons (Fsp3) is 0.526. The van der Waals surface area contributed by atoms with Crippen molar-refractivity contribution in [3.8, 4) is 0 Å². The highest BCUT2D eigenvalue weighted by atomic mass is 16.5. The number of carbonyl (C=O) groups excluding carboxylic acids is 3. The maximum Gasteiger partial charge on any atom is 0.261 e. The molecule has 3 aliphatic rings. The molecule has 1 aromatic rings. The van der Waals surface area contributed by atoms with Gasteiger partial charge in [-0.3, -0.25) is 19.3 Å². The van der Waals surface area contributed by atoms with Gasteiger partial charge in [0.15, 0.2) is 0 Å². The smallest absolute Gasteiger partial charge is 0.261 e. The first-order valence-electron chi connectivity index (χ1n) is 9.20. The predicted molar refractivity (Wildman–Crippen MR) is 94.2 cm³/mol. The van der Waals surface area contributed by atoms with E-state index in [0.717, 1.165) is 25.9 Å². The first-order chi connectivity index (χ1) is 12.6. The predicted octanol–water partition coefficient (Wildman–Crippen LogP) is 0.895. The van der Waals surface area contributed by atoms with Crippen LogP contribution < -0.4 is 5.32 Å². The van der Waals surface area contributed by atoms with Gasteiger partial charge in [0.05, 0.1) is 23.8 Å². The van der Waals surface area contributed by atoms with E-state index >= 15 is 0 Å². The number of nitrogens with zero attached hydrogens (tertiary/aromatic N) is 2. The summed E-state index contributed by atoms with van der Waals surface area (Å²) in [5.74, 6) is -0.724. The van der Waals surface area contributed by atoms with Gasteiger partial charge in [-0.15, -0.1) is 0 Å². The molecule has 1 N–H and O–H groups in total. The van der Waals surface area contributed by atoms with Gasteiger partial charge in [-0.25, -0.2) is 0 Å². The summed E-state index contributed by atoms with van der Waals surface area (Å²) < 4.78 is 5.55. The molecule has 0 saturated carbocycles. The molecule has 26 heavy (non-hydrogen) atoms. The zero-order valence-corrected chi connectivity index (χ0v) is 14.9. The Bertz CT molecular complexity index is 757. The van der Waals surface area contributed by atoms with Crippen LogP contribution in [0.4, 0.5) is 0 Å². The van der Waals surface area contributed by atoms with Crippen molar-refractivity contribution in [3.63, 3.8) is 0 Å². The van der Waals surface area contributed by atoms with Crippen molar-refractivity contribution < 1.29 is 19.1 Å². The minimum Gasteiger partial charge on any atom is -0.376 e. The van der Waals surface area contributed by atoms with Crippen molar-refractivity contribution in [2.45, 2.75) is 31.9 Å². The maximum absolute atomic E-state index is 12.8. The molecule has 4 rings (SSSR count). The molecule has 2 fully saturated rings. The van der Waals surface area contributed by atoms with Gasteiger partial charge < -0.3 is 15.0 Å². The summed E-state index contributed by atoms with van der Waals surface area (Å²) in [6, 6.07) is 4.92. The van der Waals surface area contributed by atoms with Crippen molar-refractivity contribution in [1.29, 1.82) is 0 Å². The lowest BCUT2D eigenvalue weighted by Gasteiger charge is -2.34. The van der Waals surface area contributed by atoms with Gasteiger partial charge in [-0.2, -0.15) is 0 Å². The molecule has 3 aliphatic heterocycles. The molecule has 1 unspecified atom stereocenters. The summed E-state index contributed by atoms with van der Waals surface area (Å²) in [6.45, 7) is 5.10. The Morgan fingerprint density at radius 2 is 2.08 bits per heavy atom. The third-order valence-electron chi connectivity index (χ3n) is 5.39. The Balaban J connectivity index is 1.56. The van der Waals surface area contributed by atoms with Gasteiger partial charge in [0, 0.05) is 37.8 Å². The fourth-order valence-electron chi connectivity index (χ4n) is 3.89. The Labute approximate surface area is 152 Å². The van der Waals surface area contributed by atoms with Crippen molar-refractivity contribution in [3.05, 3.63) is 34.9 Å². The first kappa shape index (κ1) is 17.2. The molecule has 7 nitrogen and oxygen atoms in total. The lowest BCUT2D eigenvalue weighted by Crippen LogP contribution is -2.52. The van der Waals surface area contributed by atoms with Gasteiger partial charge in [0.2, 0.25) is 0 Å². The highest BCUT2D eigenvalue weighted by Gasteiger charge is 2.38. The Morgan fingerprint density at radius 1 is 1.27 bits per heavy atom. The van der Waals surface area contributed by atoms with E-state index in [1.165, 1.54) is 4.90 Å². The van der Waals surface area contributed by atoms with Crippen LogP contribution in [-0.4, -0.2) is 72.5 Å². The number of amides is 3. The van der Waals surface area contributed by atoms with Crippen LogP contribution in [0.2, 0.25) is 0 Å². The van der Waals surface area contributed by atoms with Crippen LogP contribution in [0.5, 0.6) is 0 Å². The van der Waals surface area contributed by atoms with Crippen LogP contribution in [0.1, 0.15) is 50.8 Å². The van der Waals surface area contributed by atoms with Crippen molar-refractivity contribution in [1.82, 2.24) is 15.1 Å². The number of piperazine rings is 1. The van der Waals surface area contributed by atoms with Crippen molar-refractivity contribution in [2.24, 2.45) is 0 Å². The second-order valence-electron chi connectivity index (χ2n) is 7.17. The molecule has 0 spiro atoms. The van der Waals surface area contributed by atoms with Crippen LogP contribution in [0.3, 0.4) is 0 Å². The van der Waals surface area contributed by atoms with E-state index in [4.69, 9.17) is 4.74 Å². The molecule has 2 saturated heterocycles. The summed E-state index contributed by atoms with van der Waals surface area (Å²) in [7, 11) is 0. The van der Waals surface area contributed by atoms with Gasteiger partial charge >= 0.3 is 0 Å². The van der Waals surface area contributed by atoms with E-state index < -0.39 is 0 Å². The molecule has 0 aromatic heterocycles. The molecule has 0 aliphatic carbocycles. The molecule has 138 valence electrons. The summed E-state index contributed by atoms with van der Waals surface area (Å²) >= 11 is 0. The van der Waals surface area contributed by atoms with E-state index in [1.54, 1.807) is 18.2 Å². The van der Waals surface area contributed by atoms with E-state index in [9.17, 15) is 14.4 Å². The monoisotopic (exact) mass is 357 g/mol. The molecular formula is C19H23N3O4. The lowest BCUT2D eigenvalue weighted by molar-refractivity contribution is 0.0475. The Hall–Kier alpha value is -2.25. The number of carbonyl (C=O) groups is 3. The second-order valence-corrected chi connectivity index (χ2v) is 7.17. The maximum atomic E-state index is 12.8. The minimum atomic E-state index is -0.330. The lowest BCUT2D eigenvalue weighted by atomic mass is 10.0. The number of rotatable bonds is 3. The molecule has 2 atom stereocenters. The van der Waals surface area contributed by atoms with Crippen LogP contribution in [-0.2, 0) is 4.74 Å². The van der Waals surface area contributed by atoms with Crippen LogP contribution >= 0.6 is 0 Å². The van der Waals surface area contributed by atoms with Crippen molar-refractivity contribution in [2.75, 3.05) is 32.8 Å². The Morgan fingerprint density at radius 3 is 2.81 bits per heavy atom. The van der Waals surface area contributed by atoms with Gasteiger partial charge in [-0.1, -0.05) is 0 Å². The topological polar surface area (TPSA) is 79.0 Å². The largest absolute Gasteiger partial charge is 0.376 e. The molecule has 7 heteroatoms. The zero-order valence-electron chi connectivity index (χ0n) is 14.9. The average molecular weight is 357 g/mol. The Kier molecular flexibility index (Phi) is 4.50. The highest BCUT2D eigenvalue weighted by Crippen LogP contribution is 2.26. The number of imide groups is 1. The molecular weight excluding hydrogens is 334 g/mol. The standard InChI is InChI=1S/C19H23N3O4/c1-12-10-20-6-7-21(12)17(23)13-4-5-15-16(9-13)19(25)22(18(15)24)11-14-3-2-8-26-14/h4-5,9,12,14,20H,2-3,6-8,10-11H2,1H3/t12-,14?/m0/s1. The quantitative estimate of drug-likeness (QED) is 0.813. The van der Waals surface area contributed by atoms with Crippen LogP contribution in [0, 0.1) is 0 Å². The molecule has 0 radical (unpaired) electrons. The van der Waals surface area contributed by atoms with Crippen LogP contribution in [0.25, 0.3) is 0 Å². The van der Waals surface area contributed by atoms with Gasteiger partial charge in [0.25, 0.3) is 17.7 Å². The van der Waals surface area contributed by atoms with Gasteiger partial charge in [-0.05, 0) is 38.0 Å². The zero-order chi connectivity index (χ0) is 18.3. The summed E-state index contributed by atoms with van der Waals surface area (Å²) in [5.41, 5.74) is 1.15. The number of benzene rings is 1. The number of hydrogen-bond acceptors (Lipinski definition) is 5.